The first-order valence-corrected chi connectivity index (χ1v) is 4.61. The summed E-state index contributed by atoms with van der Waals surface area (Å²) in [4.78, 5) is 14.7. The van der Waals surface area contributed by atoms with E-state index in [2.05, 4.69) is 27.6 Å². The van der Waals surface area contributed by atoms with Crippen molar-refractivity contribution in [3.63, 3.8) is 0 Å². The van der Waals surface area contributed by atoms with Gasteiger partial charge in [-0.3, -0.25) is 4.79 Å². The zero-order chi connectivity index (χ0) is 9.42. The molecule has 1 aromatic heterocycles. The van der Waals surface area contributed by atoms with Crippen molar-refractivity contribution in [2.24, 2.45) is 5.73 Å². The summed E-state index contributed by atoms with van der Waals surface area (Å²) in [5.74, 6) is -0.689. The van der Waals surface area contributed by atoms with Gasteiger partial charge in [-0.05, 0) is 34.7 Å². The molecule has 13 heavy (non-hydrogen) atoms. The summed E-state index contributed by atoms with van der Waals surface area (Å²) in [5.41, 5.74) is 6.29. The van der Waals surface area contributed by atoms with Crippen LogP contribution in [-0.2, 0) is 0 Å². The molecule has 2 N–H and O–H groups in total. The normalized spacial score (nSPS) is 10.5. The highest BCUT2D eigenvalue weighted by Gasteiger charge is 2.11. The summed E-state index contributed by atoms with van der Waals surface area (Å²) < 4.78 is 6.06. The van der Waals surface area contributed by atoms with Gasteiger partial charge >= 0.3 is 5.91 Å². The Hall–Kier alpha value is -1.11. The molecule has 0 aliphatic heterocycles. The van der Waals surface area contributed by atoms with E-state index in [1.54, 1.807) is 6.07 Å². The van der Waals surface area contributed by atoms with Gasteiger partial charge in [0.15, 0.2) is 5.58 Å². The first kappa shape index (κ1) is 8.49. The number of oxazole rings is 1. The predicted octanol–water partition coefficient (Wildman–Crippen LogP) is 1.53. The molecule has 1 amide bonds. The summed E-state index contributed by atoms with van der Waals surface area (Å²) in [7, 11) is 0. The molecular weight excluding hydrogens is 283 g/mol. The number of carbonyl (C=O) groups excluding carboxylic acids is 1. The van der Waals surface area contributed by atoms with Gasteiger partial charge in [0, 0.05) is 3.57 Å². The van der Waals surface area contributed by atoms with E-state index in [0.717, 1.165) is 3.57 Å². The average molecular weight is 288 g/mol. The van der Waals surface area contributed by atoms with E-state index in [4.69, 9.17) is 10.2 Å². The molecule has 2 rings (SSSR count). The molecule has 4 nitrogen and oxygen atoms in total. The number of amides is 1. The van der Waals surface area contributed by atoms with E-state index in [1.807, 2.05) is 12.1 Å². The van der Waals surface area contributed by atoms with Gasteiger partial charge < -0.3 is 10.2 Å². The maximum Gasteiger partial charge on any atom is 0.304 e. The maximum atomic E-state index is 10.7. The van der Waals surface area contributed by atoms with Crippen LogP contribution < -0.4 is 5.73 Å². The van der Waals surface area contributed by atoms with Crippen molar-refractivity contribution in [1.29, 1.82) is 0 Å². The molecule has 0 saturated heterocycles. The molecule has 66 valence electrons. The molecule has 0 bridgehead atoms. The Morgan fingerprint density at radius 3 is 2.92 bits per heavy atom. The highest BCUT2D eigenvalue weighted by molar-refractivity contribution is 14.1. The van der Waals surface area contributed by atoms with E-state index in [0.29, 0.717) is 11.1 Å². The fourth-order valence-electron chi connectivity index (χ4n) is 1.02. The van der Waals surface area contributed by atoms with Crippen molar-refractivity contribution in [2.75, 3.05) is 0 Å². The van der Waals surface area contributed by atoms with Crippen LogP contribution in [-0.4, -0.2) is 10.9 Å². The molecule has 5 heteroatoms. The van der Waals surface area contributed by atoms with Gasteiger partial charge in [0.25, 0.3) is 5.89 Å². The second kappa shape index (κ2) is 2.99. The summed E-state index contributed by atoms with van der Waals surface area (Å²) in [6, 6.07) is 5.47. The van der Waals surface area contributed by atoms with Crippen molar-refractivity contribution >= 4 is 39.6 Å². The smallest absolute Gasteiger partial charge is 0.304 e. The summed E-state index contributed by atoms with van der Waals surface area (Å²) in [6.45, 7) is 0. The number of nitrogens with zero attached hydrogens (tertiary/aromatic N) is 1. The highest BCUT2D eigenvalue weighted by atomic mass is 127. The number of hydrogen-bond donors (Lipinski definition) is 1. The minimum Gasteiger partial charge on any atom is -0.432 e. The molecule has 0 atom stereocenters. The van der Waals surface area contributed by atoms with Gasteiger partial charge in [0.2, 0.25) is 0 Å². The third-order valence-corrected chi connectivity index (χ3v) is 2.45. The van der Waals surface area contributed by atoms with Crippen LogP contribution in [0.15, 0.2) is 22.6 Å². The summed E-state index contributed by atoms with van der Waals surface area (Å²) >= 11 is 2.12. The van der Waals surface area contributed by atoms with E-state index in [9.17, 15) is 4.79 Å². The number of rotatable bonds is 1. The number of primary amides is 1. The first-order chi connectivity index (χ1) is 6.18. The van der Waals surface area contributed by atoms with Crippen LogP contribution in [0.1, 0.15) is 10.7 Å². The number of hydrogen-bond acceptors (Lipinski definition) is 3. The lowest BCUT2D eigenvalue weighted by Gasteiger charge is -1.86. The molecule has 0 spiro atoms. The molecule has 0 aliphatic rings. The Morgan fingerprint density at radius 1 is 1.54 bits per heavy atom. The molecule has 1 heterocycles. The Bertz CT molecular complexity index is 478. The Morgan fingerprint density at radius 2 is 2.31 bits per heavy atom. The van der Waals surface area contributed by atoms with Gasteiger partial charge in [0.1, 0.15) is 5.52 Å². The lowest BCUT2D eigenvalue weighted by atomic mass is 10.3. The largest absolute Gasteiger partial charge is 0.432 e. The Kier molecular flexibility index (Phi) is 1.95. The lowest BCUT2D eigenvalue weighted by molar-refractivity contribution is 0.0969. The quantitative estimate of drug-likeness (QED) is 0.809. The van der Waals surface area contributed by atoms with Crippen molar-refractivity contribution in [3.05, 3.63) is 27.7 Å². The Balaban J connectivity index is 2.75. The first-order valence-electron chi connectivity index (χ1n) is 3.53. The van der Waals surface area contributed by atoms with Crippen LogP contribution in [0.25, 0.3) is 11.1 Å². The number of nitrogens with two attached hydrogens (primary N) is 1. The molecule has 0 fully saturated rings. The number of carbonyl (C=O) groups is 1. The van der Waals surface area contributed by atoms with Crippen LogP contribution in [0, 0.1) is 3.57 Å². The maximum absolute atomic E-state index is 10.7. The molecule has 0 aliphatic carbocycles. The topological polar surface area (TPSA) is 69.1 Å². The lowest BCUT2D eigenvalue weighted by Crippen LogP contribution is -2.10. The van der Waals surface area contributed by atoms with Crippen molar-refractivity contribution in [1.82, 2.24) is 4.98 Å². The minimum atomic E-state index is -0.646. The second-order valence-corrected chi connectivity index (χ2v) is 3.63. The van der Waals surface area contributed by atoms with Gasteiger partial charge in [-0.25, -0.2) is 4.98 Å². The number of para-hydroxylation sites is 1. The number of aromatic nitrogens is 1. The average Bonchev–Trinajstić information content (AvgIpc) is 2.49. The third kappa shape index (κ3) is 1.39. The summed E-state index contributed by atoms with van der Waals surface area (Å²) in [5, 5.41) is 0. The van der Waals surface area contributed by atoms with Crippen molar-refractivity contribution < 1.29 is 9.21 Å². The van der Waals surface area contributed by atoms with Crippen LogP contribution in [0.4, 0.5) is 0 Å². The molecule has 2 aromatic rings. The monoisotopic (exact) mass is 288 g/mol. The standard InChI is InChI=1S/C8H5IN2O2/c9-4-2-1-3-5-6(4)11-8(13-5)7(10)12/h1-3H,(H2,10,12). The van der Waals surface area contributed by atoms with E-state index < -0.39 is 5.91 Å². The summed E-state index contributed by atoms with van der Waals surface area (Å²) in [6.07, 6.45) is 0. The van der Waals surface area contributed by atoms with Gasteiger partial charge in [-0.1, -0.05) is 6.07 Å². The third-order valence-electron chi connectivity index (χ3n) is 1.58. The van der Waals surface area contributed by atoms with Gasteiger partial charge in [0.05, 0.1) is 0 Å². The van der Waals surface area contributed by atoms with Gasteiger partial charge in [-0.15, -0.1) is 0 Å². The predicted molar refractivity (Wildman–Crippen MR) is 55.2 cm³/mol. The molecule has 1 aromatic carbocycles. The van der Waals surface area contributed by atoms with Crippen LogP contribution in [0.5, 0.6) is 0 Å². The van der Waals surface area contributed by atoms with Crippen molar-refractivity contribution in [2.45, 2.75) is 0 Å². The molecule has 0 radical (unpaired) electrons. The molecule has 0 saturated carbocycles. The molecule has 0 unspecified atom stereocenters. The second-order valence-electron chi connectivity index (χ2n) is 2.47. The number of halogens is 1. The minimum absolute atomic E-state index is 0.0425. The van der Waals surface area contributed by atoms with E-state index in [-0.39, 0.29) is 5.89 Å². The highest BCUT2D eigenvalue weighted by Crippen LogP contribution is 2.20. The zero-order valence-electron chi connectivity index (χ0n) is 6.45. The fraction of sp³-hybridized carbons (Fsp3) is 0. The fourth-order valence-corrected chi connectivity index (χ4v) is 1.61. The van der Waals surface area contributed by atoms with E-state index >= 15 is 0 Å². The number of benzene rings is 1. The SMILES string of the molecule is NC(=O)c1nc2c(I)cccc2o1. The van der Waals surface area contributed by atoms with E-state index in [1.165, 1.54) is 0 Å². The van der Waals surface area contributed by atoms with Crippen LogP contribution >= 0.6 is 22.6 Å². The van der Waals surface area contributed by atoms with Crippen molar-refractivity contribution in [3.8, 4) is 0 Å². The number of fused-ring (bicyclic) bond motifs is 1. The Labute approximate surface area is 87.3 Å². The van der Waals surface area contributed by atoms with Crippen LogP contribution in [0.3, 0.4) is 0 Å². The zero-order valence-corrected chi connectivity index (χ0v) is 8.61. The molecular formula is C8H5IN2O2. The van der Waals surface area contributed by atoms with Gasteiger partial charge in [-0.2, -0.15) is 0 Å². The van der Waals surface area contributed by atoms with Crippen LogP contribution in [0.2, 0.25) is 0 Å².